The van der Waals surface area contributed by atoms with Crippen molar-refractivity contribution in [2.24, 2.45) is 0 Å². The van der Waals surface area contributed by atoms with Gasteiger partial charge in [0.25, 0.3) is 0 Å². The standard InChI is InChI=1S/C3H8AsO10P/c5-2(1-13-15(10,11)12)3(6)14-4(7,8)9/h2,5H,1H2,(H2,7,8,9)(H2,10,11,12). The van der Waals surface area contributed by atoms with E-state index in [9.17, 15) is 13.1 Å². The Morgan fingerprint density at radius 2 is 1.87 bits per heavy atom. The van der Waals surface area contributed by atoms with Crippen LogP contribution >= 0.6 is 7.82 Å². The van der Waals surface area contributed by atoms with Crippen molar-refractivity contribution in [2.45, 2.75) is 6.10 Å². The summed E-state index contributed by atoms with van der Waals surface area (Å²) < 4.78 is 43.8. The van der Waals surface area contributed by atoms with Crippen molar-refractivity contribution < 1.29 is 44.4 Å². The first-order valence-electron chi connectivity index (χ1n) is 3.18. The van der Waals surface area contributed by atoms with Gasteiger partial charge in [-0.25, -0.2) is 0 Å². The Morgan fingerprint density at radius 3 is 2.20 bits per heavy atom. The van der Waals surface area contributed by atoms with Crippen LogP contribution in [0.15, 0.2) is 0 Å². The fraction of sp³-hybridized carbons (Fsp3) is 0.667. The second-order valence-corrected chi connectivity index (χ2v) is 5.88. The van der Waals surface area contributed by atoms with E-state index < -0.39 is 41.0 Å². The Morgan fingerprint density at radius 1 is 1.40 bits per heavy atom. The average Bonchev–Trinajstić information content (AvgIpc) is 1.95. The average molecular weight is 310 g/mol. The third-order valence-corrected chi connectivity index (χ3v) is 2.24. The zero-order chi connectivity index (χ0) is 12.3. The van der Waals surface area contributed by atoms with E-state index >= 15 is 0 Å². The van der Waals surface area contributed by atoms with Gasteiger partial charge in [-0.15, -0.1) is 0 Å². The van der Waals surface area contributed by atoms with Gasteiger partial charge in [-0.3, -0.25) is 0 Å². The van der Waals surface area contributed by atoms with Crippen molar-refractivity contribution in [2.75, 3.05) is 6.61 Å². The molecule has 0 saturated carbocycles. The molecule has 0 aliphatic rings. The van der Waals surface area contributed by atoms with Crippen LogP contribution in [-0.4, -0.2) is 56.3 Å². The molecule has 0 spiro atoms. The van der Waals surface area contributed by atoms with Crippen LogP contribution in [0.1, 0.15) is 0 Å². The Bertz CT molecular complexity index is 313. The van der Waals surface area contributed by atoms with Crippen molar-refractivity contribution >= 4 is 28.3 Å². The molecule has 1 unspecified atom stereocenters. The first-order valence-corrected chi connectivity index (χ1v) is 7.92. The molecule has 5 N–H and O–H groups in total. The van der Waals surface area contributed by atoms with E-state index in [1.54, 1.807) is 0 Å². The number of phosphoric acid groups is 1. The van der Waals surface area contributed by atoms with Crippen LogP contribution in [0.4, 0.5) is 0 Å². The summed E-state index contributed by atoms with van der Waals surface area (Å²) >= 11 is -5.69. The molecule has 0 aromatic carbocycles. The van der Waals surface area contributed by atoms with Crippen molar-refractivity contribution in [3.8, 4) is 0 Å². The molecule has 0 aliphatic heterocycles. The van der Waals surface area contributed by atoms with Gasteiger partial charge in [0, 0.05) is 0 Å². The quantitative estimate of drug-likeness (QED) is 0.258. The van der Waals surface area contributed by atoms with Crippen molar-refractivity contribution in [1.29, 1.82) is 0 Å². The zero-order valence-electron chi connectivity index (χ0n) is 6.96. The molecule has 15 heavy (non-hydrogen) atoms. The van der Waals surface area contributed by atoms with Crippen LogP contribution in [0.5, 0.6) is 0 Å². The molecule has 90 valence electrons. The second kappa shape index (κ2) is 5.24. The van der Waals surface area contributed by atoms with E-state index in [2.05, 4.69) is 8.25 Å². The number of phosphoric ester groups is 1. The topological polar surface area (TPSA) is 171 Å². The number of carbonyl (C=O) groups is 1. The maximum atomic E-state index is 10.6. The summed E-state index contributed by atoms with van der Waals surface area (Å²) in [6.45, 7) is -1.14. The van der Waals surface area contributed by atoms with Crippen molar-refractivity contribution in [1.82, 2.24) is 0 Å². The Kier molecular flexibility index (Phi) is 5.18. The van der Waals surface area contributed by atoms with Gasteiger partial charge in [0.2, 0.25) is 0 Å². The van der Waals surface area contributed by atoms with Gasteiger partial charge in [-0.05, 0) is 0 Å². The van der Waals surface area contributed by atoms with Gasteiger partial charge in [0.05, 0.1) is 0 Å². The predicted octanol–water partition coefficient (Wildman–Crippen LogP) is -3.15. The van der Waals surface area contributed by atoms with Gasteiger partial charge >= 0.3 is 85.5 Å². The number of hydrogen-bond donors (Lipinski definition) is 5. The van der Waals surface area contributed by atoms with Gasteiger partial charge < -0.3 is 0 Å². The van der Waals surface area contributed by atoms with Crippen molar-refractivity contribution in [3.05, 3.63) is 0 Å². The Hall–Kier alpha value is -0.182. The first-order chi connectivity index (χ1) is 6.51. The van der Waals surface area contributed by atoms with Crippen LogP contribution in [0, 0.1) is 0 Å². The molecule has 0 aliphatic carbocycles. The fourth-order valence-corrected chi connectivity index (χ4v) is 1.50. The summed E-state index contributed by atoms with van der Waals surface area (Å²) in [6.07, 6.45) is -2.19. The predicted molar refractivity (Wildman–Crippen MR) is 41.0 cm³/mol. The molecule has 10 nitrogen and oxygen atoms in total. The van der Waals surface area contributed by atoms with Gasteiger partial charge in [-0.1, -0.05) is 0 Å². The van der Waals surface area contributed by atoms with Crippen LogP contribution in [0.3, 0.4) is 0 Å². The molecule has 0 heterocycles. The SMILES string of the molecule is O=C(O[As](=O)(O)O)C(O)COP(=O)(O)O. The molecular weight excluding hydrogens is 302 g/mol. The number of carbonyl (C=O) groups excluding carboxylic acids is 1. The van der Waals surface area contributed by atoms with Gasteiger partial charge in [-0.2, -0.15) is 0 Å². The summed E-state index contributed by atoms with van der Waals surface area (Å²) in [5.74, 6) is -1.73. The third kappa shape index (κ3) is 8.79. The van der Waals surface area contributed by atoms with Crippen LogP contribution < -0.4 is 0 Å². The molecular formula is C3H8AsO10P. The molecule has 0 fully saturated rings. The van der Waals surface area contributed by atoms with E-state index in [0.29, 0.717) is 0 Å². The summed E-state index contributed by atoms with van der Waals surface area (Å²) in [7, 11) is -4.87. The van der Waals surface area contributed by atoms with E-state index in [0.717, 1.165) is 0 Å². The molecule has 0 saturated heterocycles. The van der Waals surface area contributed by atoms with Crippen LogP contribution in [-0.2, 0) is 21.3 Å². The number of aliphatic hydroxyl groups is 1. The second-order valence-electron chi connectivity index (χ2n) is 2.20. The molecule has 0 rings (SSSR count). The molecule has 0 radical (unpaired) electrons. The monoisotopic (exact) mass is 310 g/mol. The van der Waals surface area contributed by atoms with Gasteiger partial charge in [0.1, 0.15) is 0 Å². The third-order valence-electron chi connectivity index (χ3n) is 0.882. The van der Waals surface area contributed by atoms with E-state index in [1.165, 1.54) is 0 Å². The molecule has 12 heteroatoms. The summed E-state index contributed by atoms with van der Waals surface area (Å²) in [5.41, 5.74) is 0. The normalized spacial score (nSPS) is 14.7. The number of rotatable bonds is 5. The molecule has 0 amide bonds. The zero-order valence-corrected chi connectivity index (χ0v) is 9.73. The van der Waals surface area contributed by atoms with Crippen molar-refractivity contribution in [3.63, 3.8) is 0 Å². The molecule has 0 aromatic rings. The van der Waals surface area contributed by atoms with E-state index in [1.807, 2.05) is 0 Å². The summed E-state index contributed by atoms with van der Waals surface area (Å²) in [5, 5.41) is 8.77. The molecule has 1 atom stereocenters. The Labute approximate surface area is 86.0 Å². The molecule has 0 aromatic heterocycles. The fourth-order valence-electron chi connectivity index (χ4n) is 0.414. The van der Waals surface area contributed by atoms with E-state index in [-0.39, 0.29) is 0 Å². The Balaban J connectivity index is 4.12. The van der Waals surface area contributed by atoms with Gasteiger partial charge in [0.15, 0.2) is 0 Å². The van der Waals surface area contributed by atoms with E-state index in [4.69, 9.17) is 23.1 Å². The van der Waals surface area contributed by atoms with Crippen LogP contribution in [0.25, 0.3) is 0 Å². The number of aliphatic hydroxyl groups excluding tert-OH is 1. The first kappa shape index (κ1) is 14.8. The van der Waals surface area contributed by atoms with Crippen LogP contribution in [0.2, 0.25) is 0 Å². The summed E-state index contributed by atoms with van der Waals surface area (Å²) in [4.78, 5) is 26.9. The molecule has 0 bridgehead atoms. The minimum absolute atomic E-state index is 1.14. The minimum atomic E-state index is -5.69. The summed E-state index contributed by atoms with van der Waals surface area (Å²) in [6, 6.07) is 0. The maximum absolute atomic E-state index is 10.6. The number of hydrogen-bond acceptors (Lipinski definition) is 6.